The summed E-state index contributed by atoms with van der Waals surface area (Å²) in [6.07, 6.45) is 1.80. The van der Waals surface area contributed by atoms with Gasteiger partial charge in [0.2, 0.25) is 0 Å². The number of benzene rings is 1. The third-order valence-corrected chi connectivity index (χ3v) is 2.57. The summed E-state index contributed by atoms with van der Waals surface area (Å²) in [7, 11) is 0. The Labute approximate surface area is 124 Å². The third-order valence-electron chi connectivity index (χ3n) is 2.57. The van der Waals surface area contributed by atoms with Gasteiger partial charge in [-0.3, -0.25) is 4.79 Å². The van der Waals surface area contributed by atoms with Crippen molar-refractivity contribution in [2.24, 2.45) is 0 Å². The molecule has 0 saturated carbocycles. The molecule has 0 aromatic heterocycles. The van der Waals surface area contributed by atoms with Crippen LogP contribution in [0.3, 0.4) is 0 Å². The molecule has 6 nitrogen and oxygen atoms in total. The van der Waals surface area contributed by atoms with Crippen LogP contribution in [0.25, 0.3) is 0 Å². The van der Waals surface area contributed by atoms with Crippen molar-refractivity contribution in [3.8, 4) is 5.75 Å². The Kier molecular flexibility index (Phi) is 7.71. The second kappa shape index (κ2) is 9.63. The summed E-state index contributed by atoms with van der Waals surface area (Å²) in [5.74, 6) is -0.412. The van der Waals surface area contributed by atoms with Gasteiger partial charge in [-0.15, -0.1) is 0 Å². The zero-order chi connectivity index (χ0) is 15.5. The Bertz CT molecular complexity index is 444. The van der Waals surface area contributed by atoms with Gasteiger partial charge in [0.1, 0.15) is 5.75 Å². The lowest BCUT2D eigenvalue weighted by Crippen LogP contribution is -2.18. The lowest BCUT2D eigenvalue weighted by atomic mass is 10.3. The topological polar surface area (TPSA) is 87.8 Å². The van der Waals surface area contributed by atoms with Crippen LogP contribution in [0.4, 0.5) is 5.69 Å². The van der Waals surface area contributed by atoms with E-state index in [1.54, 1.807) is 24.3 Å². The van der Waals surface area contributed by atoms with Crippen LogP contribution in [0.5, 0.6) is 5.75 Å². The molecule has 0 atom stereocenters. The predicted octanol–water partition coefficient (Wildman–Crippen LogP) is 1.92. The standard InChI is InChI=1S/C15H21NO5/c1-2-3-9-20-15(18)11-21-14(17)8-10-19-13-6-4-12(16)5-7-13/h4-7H,2-3,8-11,16H2,1H3. The highest BCUT2D eigenvalue weighted by Crippen LogP contribution is 2.13. The molecule has 6 heteroatoms. The van der Waals surface area contributed by atoms with Gasteiger partial charge in [0.15, 0.2) is 6.61 Å². The van der Waals surface area contributed by atoms with Crippen molar-refractivity contribution in [1.82, 2.24) is 0 Å². The highest BCUT2D eigenvalue weighted by atomic mass is 16.6. The van der Waals surface area contributed by atoms with E-state index in [0.717, 1.165) is 12.8 Å². The largest absolute Gasteiger partial charge is 0.493 e. The predicted molar refractivity (Wildman–Crippen MR) is 77.8 cm³/mol. The highest BCUT2D eigenvalue weighted by molar-refractivity contribution is 5.76. The van der Waals surface area contributed by atoms with Crippen molar-refractivity contribution < 1.29 is 23.8 Å². The van der Waals surface area contributed by atoms with Crippen molar-refractivity contribution in [2.75, 3.05) is 25.6 Å². The Morgan fingerprint density at radius 1 is 1.05 bits per heavy atom. The number of unbranched alkanes of at least 4 members (excludes halogenated alkanes) is 1. The van der Waals surface area contributed by atoms with Gasteiger partial charge in [-0.2, -0.15) is 0 Å². The number of rotatable bonds is 9. The van der Waals surface area contributed by atoms with Crippen molar-refractivity contribution in [3.63, 3.8) is 0 Å². The summed E-state index contributed by atoms with van der Waals surface area (Å²) in [6.45, 7) is 2.17. The maximum atomic E-state index is 11.4. The summed E-state index contributed by atoms with van der Waals surface area (Å²) in [5, 5.41) is 0. The Morgan fingerprint density at radius 2 is 1.76 bits per heavy atom. The molecule has 1 aromatic rings. The lowest BCUT2D eigenvalue weighted by molar-refractivity contribution is -0.159. The van der Waals surface area contributed by atoms with Crippen LogP contribution in [0.1, 0.15) is 26.2 Å². The van der Waals surface area contributed by atoms with Gasteiger partial charge in [0.25, 0.3) is 0 Å². The minimum Gasteiger partial charge on any atom is -0.493 e. The van der Waals surface area contributed by atoms with Gasteiger partial charge in [0.05, 0.1) is 19.6 Å². The van der Waals surface area contributed by atoms with E-state index < -0.39 is 11.9 Å². The SMILES string of the molecule is CCCCOC(=O)COC(=O)CCOc1ccc(N)cc1. The fourth-order valence-corrected chi connectivity index (χ4v) is 1.40. The van der Waals surface area contributed by atoms with E-state index in [-0.39, 0.29) is 19.6 Å². The molecular weight excluding hydrogens is 274 g/mol. The van der Waals surface area contributed by atoms with E-state index >= 15 is 0 Å². The number of hydrogen-bond donors (Lipinski definition) is 1. The highest BCUT2D eigenvalue weighted by Gasteiger charge is 2.08. The zero-order valence-electron chi connectivity index (χ0n) is 12.2. The molecule has 0 radical (unpaired) electrons. The van der Waals surface area contributed by atoms with Crippen LogP contribution < -0.4 is 10.5 Å². The van der Waals surface area contributed by atoms with E-state index in [4.69, 9.17) is 19.9 Å². The number of esters is 2. The van der Waals surface area contributed by atoms with Gasteiger partial charge in [0, 0.05) is 5.69 Å². The Morgan fingerprint density at radius 3 is 2.43 bits per heavy atom. The molecule has 0 bridgehead atoms. The summed E-state index contributed by atoms with van der Waals surface area (Å²) in [6, 6.07) is 6.84. The first-order valence-corrected chi connectivity index (χ1v) is 6.91. The number of hydrogen-bond acceptors (Lipinski definition) is 6. The minimum absolute atomic E-state index is 0.0621. The summed E-state index contributed by atoms with van der Waals surface area (Å²) in [4.78, 5) is 22.6. The van der Waals surface area contributed by atoms with E-state index in [1.165, 1.54) is 0 Å². The number of nitrogen functional groups attached to an aromatic ring is 1. The van der Waals surface area contributed by atoms with Gasteiger partial charge in [-0.1, -0.05) is 13.3 Å². The van der Waals surface area contributed by atoms with Crippen LogP contribution in [0, 0.1) is 0 Å². The molecule has 0 heterocycles. The van der Waals surface area contributed by atoms with Crippen molar-refractivity contribution in [1.29, 1.82) is 0 Å². The smallest absolute Gasteiger partial charge is 0.344 e. The minimum atomic E-state index is -0.531. The lowest BCUT2D eigenvalue weighted by Gasteiger charge is -2.07. The summed E-state index contributed by atoms with van der Waals surface area (Å²) >= 11 is 0. The molecule has 0 unspecified atom stereocenters. The van der Waals surface area contributed by atoms with Crippen molar-refractivity contribution in [3.05, 3.63) is 24.3 Å². The van der Waals surface area contributed by atoms with Crippen molar-refractivity contribution >= 4 is 17.6 Å². The van der Waals surface area contributed by atoms with Crippen LogP contribution in [-0.2, 0) is 19.1 Å². The van der Waals surface area contributed by atoms with E-state index in [9.17, 15) is 9.59 Å². The normalized spacial score (nSPS) is 9.95. The number of ether oxygens (including phenoxy) is 3. The molecule has 1 rings (SSSR count). The summed E-state index contributed by atoms with van der Waals surface area (Å²) in [5.41, 5.74) is 6.18. The van der Waals surface area contributed by atoms with Crippen LogP contribution in [0.2, 0.25) is 0 Å². The maximum Gasteiger partial charge on any atom is 0.344 e. The second-order valence-electron chi connectivity index (χ2n) is 4.40. The van der Waals surface area contributed by atoms with Crippen LogP contribution in [-0.4, -0.2) is 31.8 Å². The van der Waals surface area contributed by atoms with E-state index in [0.29, 0.717) is 18.0 Å². The van der Waals surface area contributed by atoms with Gasteiger partial charge < -0.3 is 19.9 Å². The van der Waals surface area contributed by atoms with Gasteiger partial charge >= 0.3 is 11.9 Å². The molecule has 0 aliphatic heterocycles. The number of nitrogens with two attached hydrogens (primary N) is 1. The Balaban J connectivity index is 2.11. The average Bonchev–Trinajstić information content (AvgIpc) is 2.47. The van der Waals surface area contributed by atoms with Crippen LogP contribution in [0.15, 0.2) is 24.3 Å². The molecule has 0 saturated heterocycles. The molecule has 2 N–H and O–H groups in total. The fourth-order valence-electron chi connectivity index (χ4n) is 1.40. The maximum absolute atomic E-state index is 11.4. The van der Waals surface area contributed by atoms with E-state index in [2.05, 4.69) is 0 Å². The molecule has 21 heavy (non-hydrogen) atoms. The first-order chi connectivity index (χ1) is 10.1. The monoisotopic (exact) mass is 295 g/mol. The first-order valence-electron chi connectivity index (χ1n) is 6.91. The molecule has 0 aliphatic carbocycles. The molecule has 0 spiro atoms. The molecule has 0 fully saturated rings. The fraction of sp³-hybridized carbons (Fsp3) is 0.467. The number of anilines is 1. The quantitative estimate of drug-likeness (QED) is 0.425. The van der Waals surface area contributed by atoms with E-state index in [1.807, 2.05) is 6.92 Å². The number of carbonyl (C=O) groups is 2. The number of carbonyl (C=O) groups excluding carboxylic acids is 2. The molecule has 0 amide bonds. The van der Waals surface area contributed by atoms with Crippen molar-refractivity contribution in [2.45, 2.75) is 26.2 Å². The molecular formula is C15H21NO5. The first kappa shape index (κ1) is 16.8. The second-order valence-corrected chi connectivity index (χ2v) is 4.40. The molecule has 1 aromatic carbocycles. The van der Waals surface area contributed by atoms with Gasteiger partial charge in [-0.05, 0) is 30.7 Å². The Hall–Kier alpha value is -2.24. The third kappa shape index (κ3) is 7.81. The van der Waals surface area contributed by atoms with Gasteiger partial charge in [-0.25, -0.2) is 4.79 Å². The molecule has 116 valence electrons. The van der Waals surface area contributed by atoms with Crippen LogP contribution >= 0.6 is 0 Å². The summed E-state index contributed by atoms with van der Waals surface area (Å²) < 4.78 is 15.0. The zero-order valence-corrected chi connectivity index (χ0v) is 12.2. The molecule has 0 aliphatic rings. The average molecular weight is 295 g/mol.